The second-order valence-electron chi connectivity index (χ2n) is 10.4. The van der Waals surface area contributed by atoms with Gasteiger partial charge in [0.2, 0.25) is 0 Å². The van der Waals surface area contributed by atoms with Gasteiger partial charge < -0.3 is 13.9 Å². The first-order chi connectivity index (χ1) is 13.3. The number of benzene rings is 1. The minimum atomic E-state index is -1.78. The van der Waals surface area contributed by atoms with Crippen LogP contribution in [0.25, 0.3) is 0 Å². The first kappa shape index (κ1) is 23.9. The van der Waals surface area contributed by atoms with E-state index in [4.69, 9.17) is 13.9 Å². The van der Waals surface area contributed by atoms with Crippen molar-refractivity contribution >= 4 is 14.4 Å². The van der Waals surface area contributed by atoms with E-state index in [1.165, 1.54) is 0 Å². The van der Waals surface area contributed by atoms with Gasteiger partial charge in [-0.25, -0.2) is 4.79 Å². The Labute approximate surface area is 177 Å². The molecule has 1 aliphatic heterocycles. The lowest BCUT2D eigenvalue weighted by molar-refractivity contribution is -0.139. The van der Waals surface area contributed by atoms with E-state index in [-0.39, 0.29) is 23.3 Å². The molecule has 0 aromatic heterocycles. The van der Waals surface area contributed by atoms with Crippen molar-refractivity contribution in [2.24, 2.45) is 0 Å². The molecule has 2 rings (SSSR count). The number of hydrogen-bond donors (Lipinski definition) is 0. The van der Waals surface area contributed by atoms with Gasteiger partial charge in [0.15, 0.2) is 8.32 Å². The fourth-order valence-electron chi connectivity index (χ4n) is 2.95. The number of hydrogen-bond acceptors (Lipinski definition) is 4. The zero-order chi connectivity index (χ0) is 21.9. The van der Waals surface area contributed by atoms with Crippen molar-refractivity contribution in [3.05, 3.63) is 35.9 Å². The van der Waals surface area contributed by atoms with Crippen LogP contribution >= 0.6 is 0 Å². The fourth-order valence-corrected chi connectivity index (χ4v) is 4.01. The molecule has 1 aromatic rings. The molecule has 0 spiro atoms. The molecule has 2 atom stereocenters. The summed E-state index contributed by atoms with van der Waals surface area (Å²) in [5.41, 5.74) is 0.555. The summed E-state index contributed by atoms with van der Waals surface area (Å²) in [6.07, 6.45) is 0.478. The molecule has 1 aromatic carbocycles. The van der Waals surface area contributed by atoms with Gasteiger partial charge in [0.25, 0.3) is 0 Å². The maximum atomic E-state index is 12.9. The van der Waals surface area contributed by atoms with E-state index in [1.807, 2.05) is 56.0 Å². The van der Waals surface area contributed by atoms with Gasteiger partial charge in [-0.3, -0.25) is 4.90 Å². The maximum Gasteiger partial charge on any atom is 0.411 e. The molecule has 5 nitrogen and oxygen atoms in total. The molecule has 0 radical (unpaired) electrons. The predicted molar refractivity (Wildman–Crippen MR) is 120 cm³/mol. The number of amides is 1. The summed E-state index contributed by atoms with van der Waals surface area (Å²) in [6.45, 7) is 18.6. The van der Waals surface area contributed by atoms with Crippen LogP contribution in [-0.4, -0.2) is 50.3 Å². The van der Waals surface area contributed by atoms with Gasteiger partial charge in [-0.15, -0.1) is 0 Å². The molecule has 1 amide bonds. The first-order valence-corrected chi connectivity index (χ1v) is 13.5. The third-order valence-electron chi connectivity index (χ3n) is 5.81. The van der Waals surface area contributed by atoms with Crippen LogP contribution in [0.5, 0.6) is 0 Å². The van der Waals surface area contributed by atoms with Gasteiger partial charge >= 0.3 is 6.09 Å². The number of nitrogens with zero attached hydrogens (tertiary/aromatic N) is 1. The summed E-state index contributed by atoms with van der Waals surface area (Å²) < 4.78 is 17.8. The summed E-state index contributed by atoms with van der Waals surface area (Å²) >= 11 is 0. The molecule has 164 valence electrons. The summed E-state index contributed by atoms with van der Waals surface area (Å²) in [5.74, 6) is 0. The van der Waals surface area contributed by atoms with Gasteiger partial charge in [0, 0.05) is 13.2 Å². The lowest BCUT2D eigenvalue weighted by Crippen LogP contribution is -2.58. The van der Waals surface area contributed by atoms with E-state index < -0.39 is 13.9 Å². The molecule has 1 aliphatic rings. The van der Waals surface area contributed by atoms with E-state index in [2.05, 4.69) is 33.9 Å². The Morgan fingerprint density at radius 1 is 1.14 bits per heavy atom. The Bertz CT molecular complexity index is 664. The molecule has 0 bridgehead atoms. The van der Waals surface area contributed by atoms with Crippen LogP contribution < -0.4 is 0 Å². The highest BCUT2D eigenvalue weighted by molar-refractivity contribution is 6.74. The zero-order valence-electron chi connectivity index (χ0n) is 19.5. The van der Waals surface area contributed by atoms with E-state index in [9.17, 15) is 4.79 Å². The van der Waals surface area contributed by atoms with Crippen LogP contribution in [-0.2, 0) is 20.4 Å². The van der Waals surface area contributed by atoms with Gasteiger partial charge in [-0.05, 0) is 50.9 Å². The molecule has 6 heteroatoms. The Morgan fingerprint density at radius 3 is 2.24 bits per heavy atom. The molecule has 0 saturated carbocycles. The van der Waals surface area contributed by atoms with Crippen molar-refractivity contribution in [1.82, 2.24) is 4.90 Å². The van der Waals surface area contributed by atoms with Crippen molar-refractivity contribution in [2.75, 3.05) is 13.2 Å². The molecule has 1 heterocycles. The lowest BCUT2D eigenvalue weighted by atomic mass is 10.0. The molecular formula is C23H39NO4Si. The van der Waals surface area contributed by atoms with Crippen molar-refractivity contribution in [2.45, 2.75) is 90.4 Å². The average molecular weight is 422 g/mol. The van der Waals surface area contributed by atoms with Crippen LogP contribution in [0.2, 0.25) is 18.1 Å². The Balaban J connectivity index is 2.03. The van der Waals surface area contributed by atoms with Crippen molar-refractivity contribution in [3.8, 4) is 0 Å². The lowest BCUT2D eigenvalue weighted by Gasteiger charge is -2.45. The average Bonchev–Trinajstić information content (AvgIpc) is 2.55. The third-order valence-corrected chi connectivity index (χ3v) is 10.3. The fraction of sp³-hybridized carbons (Fsp3) is 0.696. The van der Waals surface area contributed by atoms with Crippen molar-refractivity contribution < 1.29 is 18.7 Å². The predicted octanol–water partition coefficient (Wildman–Crippen LogP) is 5.60. The highest BCUT2D eigenvalue weighted by Crippen LogP contribution is 2.37. The number of carbonyl (C=O) groups excluding carboxylic acids is 1. The summed E-state index contributed by atoms with van der Waals surface area (Å²) in [6, 6.07) is 10.0. The minimum Gasteiger partial charge on any atom is -0.444 e. The molecule has 1 fully saturated rings. The number of rotatable bonds is 7. The van der Waals surface area contributed by atoms with E-state index in [0.717, 1.165) is 12.0 Å². The van der Waals surface area contributed by atoms with E-state index >= 15 is 0 Å². The quantitative estimate of drug-likeness (QED) is 0.537. The summed E-state index contributed by atoms with van der Waals surface area (Å²) in [4.78, 5) is 14.8. The molecule has 0 aliphatic carbocycles. The van der Waals surface area contributed by atoms with Crippen molar-refractivity contribution in [3.63, 3.8) is 0 Å². The largest absolute Gasteiger partial charge is 0.444 e. The van der Waals surface area contributed by atoms with Gasteiger partial charge in [-0.2, -0.15) is 0 Å². The molecule has 29 heavy (non-hydrogen) atoms. The monoisotopic (exact) mass is 421 g/mol. The number of ether oxygens (including phenoxy) is 2. The zero-order valence-corrected chi connectivity index (χ0v) is 20.5. The van der Waals surface area contributed by atoms with Crippen LogP contribution in [0.1, 0.15) is 53.5 Å². The topological polar surface area (TPSA) is 48.0 Å². The van der Waals surface area contributed by atoms with Gasteiger partial charge in [0.1, 0.15) is 5.60 Å². The number of carbonyl (C=O) groups is 1. The van der Waals surface area contributed by atoms with Crippen LogP contribution in [0, 0.1) is 0 Å². The maximum absolute atomic E-state index is 12.9. The normalized spacial score (nSPS) is 20.1. The Hall–Kier alpha value is -1.37. The molecular weight excluding hydrogens is 382 g/mol. The van der Waals surface area contributed by atoms with E-state index in [1.54, 1.807) is 0 Å². The highest BCUT2D eigenvalue weighted by atomic mass is 28.4. The Morgan fingerprint density at radius 2 is 1.76 bits per heavy atom. The van der Waals surface area contributed by atoms with Gasteiger partial charge in [0.05, 0.1) is 18.8 Å². The molecule has 0 N–H and O–H groups in total. The Kier molecular flexibility index (Phi) is 7.57. The summed E-state index contributed by atoms with van der Waals surface area (Å²) in [5, 5.41) is 0.183. The van der Waals surface area contributed by atoms with Crippen LogP contribution in [0.4, 0.5) is 4.79 Å². The van der Waals surface area contributed by atoms with Crippen molar-refractivity contribution in [1.29, 1.82) is 0 Å². The van der Waals surface area contributed by atoms with E-state index in [0.29, 0.717) is 19.8 Å². The third kappa shape index (κ3) is 6.83. The first-order valence-electron chi connectivity index (χ1n) is 10.6. The SMILES string of the molecule is CC(C)(C)OC(=O)N(Cc1ccccc1)[C@@H]1CO[C@@H]1CCO[Si](C)(C)C(C)(C)C. The minimum absolute atomic E-state index is 0.00747. The second kappa shape index (κ2) is 9.19. The summed E-state index contributed by atoms with van der Waals surface area (Å²) in [7, 11) is -1.78. The van der Waals surface area contributed by atoms with Crippen LogP contribution in [0.3, 0.4) is 0 Å². The molecule has 0 unspecified atom stereocenters. The van der Waals surface area contributed by atoms with Gasteiger partial charge in [-0.1, -0.05) is 51.1 Å². The molecule has 1 saturated heterocycles. The standard InChI is InChI=1S/C23H39NO4Si/c1-22(2,3)28-21(25)24(16-18-12-10-9-11-13-18)19-17-26-20(19)14-15-27-29(7,8)23(4,5)6/h9-13,19-20H,14-17H2,1-8H3/t19-,20-/m1/s1. The van der Waals surface area contributed by atoms with Crippen LogP contribution in [0.15, 0.2) is 30.3 Å². The highest BCUT2D eigenvalue weighted by Gasteiger charge is 2.42. The smallest absolute Gasteiger partial charge is 0.411 e. The second-order valence-corrected chi connectivity index (χ2v) is 15.2.